The van der Waals surface area contributed by atoms with E-state index >= 15 is 0 Å². The SMILES string of the molecule is CC/C=C\C/C=C\C/C=C\C/C=C\C/C=C\C/C=C\CCCCCCCCCCCCCCCCCCC(=O)NC(CO)C(O)/C=C/CCCCCCCCCCC. The van der Waals surface area contributed by atoms with Crippen molar-refractivity contribution in [2.24, 2.45) is 0 Å². The molecule has 334 valence electrons. The second-order valence-electron chi connectivity index (χ2n) is 16.5. The topological polar surface area (TPSA) is 69.6 Å². The third kappa shape index (κ3) is 44.7. The van der Waals surface area contributed by atoms with Crippen molar-refractivity contribution in [3.05, 3.63) is 85.1 Å². The number of hydrogen-bond donors (Lipinski definition) is 3. The van der Waals surface area contributed by atoms with E-state index in [0.717, 1.165) is 64.2 Å². The molecule has 0 bridgehead atoms. The fourth-order valence-corrected chi connectivity index (χ4v) is 7.12. The first-order valence-electron chi connectivity index (χ1n) is 24.8. The number of hydrogen-bond acceptors (Lipinski definition) is 3. The van der Waals surface area contributed by atoms with Gasteiger partial charge in [0.15, 0.2) is 0 Å². The highest BCUT2D eigenvalue weighted by Crippen LogP contribution is 2.15. The van der Waals surface area contributed by atoms with E-state index in [0.29, 0.717) is 6.42 Å². The first-order chi connectivity index (χ1) is 28.7. The molecular formula is C54H95NO3. The van der Waals surface area contributed by atoms with Crippen LogP contribution in [0.2, 0.25) is 0 Å². The Morgan fingerprint density at radius 2 is 0.759 bits per heavy atom. The molecule has 4 nitrogen and oxygen atoms in total. The van der Waals surface area contributed by atoms with Crippen molar-refractivity contribution in [2.45, 2.75) is 244 Å². The molecule has 0 radical (unpaired) electrons. The Bertz CT molecular complexity index is 1050. The fourth-order valence-electron chi connectivity index (χ4n) is 7.12. The average Bonchev–Trinajstić information content (AvgIpc) is 3.23. The molecule has 0 aliphatic rings. The van der Waals surface area contributed by atoms with Gasteiger partial charge >= 0.3 is 0 Å². The molecule has 2 atom stereocenters. The van der Waals surface area contributed by atoms with E-state index < -0.39 is 12.1 Å². The van der Waals surface area contributed by atoms with Crippen LogP contribution in [0.15, 0.2) is 85.1 Å². The summed E-state index contributed by atoms with van der Waals surface area (Å²) in [5, 5.41) is 23.0. The summed E-state index contributed by atoms with van der Waals surface area (Å²) < 4.78 is 0. The number of nitrogens with one attached hydrogen (secondary N) is 1. The summed E-state index contributed by atoms with van der Waals surface area (Å²) in [7, 11) is 0. The number of allylic oxidation sites excluding steroid dienone is 13. The van der Waals surface area contributed by atoms with Gasteiger partial charge in [0, 0.05) is 6.42 Å². The molecule has 0 aliphatic heterocycles. The Labute approximate surface area is 361 Å². The summed E-state index contributed by atoms with van der Waals surface area (Å²) in [5.74, 6) is -0.0673. The van der Waals surface area contributed by atoms with Crippen LogP contribution in [0, 0.1) is 0 Å². The van der Waals surface area contributed by atoms with Gasteiger partial charge in [0.1, 0.15) is 0 Å². The number of aliphatic hydroxyl groups is 2. The van der Waals surface area contributed by atoms with Gasteiger partial charge in [-0.25, -0.2) is 0 Å². The number of amides is 1. The lowest BCUT2D eigenvalue weighted by atomic mass is 10.0. The maximum Gasteiger partial charge on any atom is 0.220 e. The number of unbranched alkanes of at least 4 members (excludes halogenated alkanes) is 25. The highest BCUT2D eigenvalue weighted by atomic mass is 16.3. The predicted octanol–water partition coefficient (Wildman–Crippen LogP) is 16.0. The molecule has 0 saturated heterocycles. The van der Waals surface area contributed by atoms with E-state index in [1.807, 2.05) is 6.08 Å². The maximum atomic E-state index is 12.4. The van der Waals surface area contributed by atoms with Crippen LogP contribution < -0.4 is 5.32 Å². The highest BCUT2D eigenvalue weighted by Gasteiger charge is 2.17. The smallest absolute Gasteiger partial charge is 0.220 e. The average molecular weight is 806 g/mol. The molecule has 58 heavy (non-hydrogen) atoms. The Balaban J connectivity index is 3.50. The van der Waals surface area contributed by atoms with Crippen LogP contribution in [-0.4, -0.2) is 34.9 Å². The summed E-state index contributed by atoms with van der Waals surface area (Å²) in [6.07, 6.45) is 71.5. The summed E-state index contributed by atoms with van der Waals surface area (Å²) in [5.41, 5.74) is 0. The van der Waals surface area contributed by atoms with Crippen molar-refractivity contribution >= 4 is 5.91 Å². The number of carbonyl (C=O) groups excluding carboxylic acids is 1. The van der Waals surface area contributed by atoms with Gasteiger partial charge in [-0.05, 0) is 70.6 Å². The van der Waals surface area contributed by atoms with Crippen molar-refractivity contribution < 1.29 is 15.0 Å². The van der Waals surface area contributed by atoms with E-state index in [1.54, 1.807) is 6.08 Å². The van der Waals surface area contributed by atoms with Gasteiger partial charge in [-0.15, -0.1) is 0 Å². The second kappa shape index (κ2) is 48.9. The van der Waals surface area contributed by atoms with Crippen LogP contribution in [0.1, 0.15) is 232 Å². The molecule has 0 aromatic heterocycles. The Morgan fingerprint density at radius 1 is 0.431 bits per heavy atom. The van der Waals surface area contributed by atoms with Crippen LogP contribution >= 0.6 is 0 Å². The maximum absolute atomic E-state index is 12.4. The lowest BCUT2D eigenvalue weighted by Crippen LogP contribution is -2.45. The summed E-state index contributed by atoms with van der Waals surface area (Å²) >= 11 is 0. The molecular weight excluding hydrogens is 711 g/mol. The van der Waals surface area contributed by atoms with Gasteiger partial charge in [0.05, 0.1) is 18.8 Å². The molecule has 3 N–H and O–H groups in total. The molecule has 1 amide bonds. The third-order valence-corrected chi connectivity index (χ3v) is 10.9. The number of carbonyl (C=O) groups is 1. The zero-order chi connectivity index (χ0) is 42.1. The molecule has 0 aliphatic carbocycles. The molecule has 0 aromatic carbocycles. The van der Waals surface area contributed by atoms with Crippen molar-refractivity contribution in [2.75, 3.05) is 6.61 Å². The lowest BCUT2D eigenvalue weighted by Gasteiger charge is -2.20. The minimum absolute atomic E-state index is 0.0673. The zero-order valence-electron chi connectivity index (χ0n) is 38.3. The van der Waals surface area contributed by atoms with Crippen LogP contribution in [0.3, 0.4) is 0 Å². The minimum Gasteiger partial charge on any atom is -0.394 e. The molecule has 4 heteroatoms. The Morgan fingerprint density at radius 3 is 1.14 bits per heavy atom. The van der Waals surface area contributed by atoms with Crippen LogP contribution in [0.4, 0.5) is 0 Å². The number of aliphatic hydroxyl groups excluding tert-OH is 2. The molecule has 0 heterocycles. The zero-order valence-corrected chi connectivity index (χ0v) is 38.3. The predicted molar refractivity (Wildman–Crippen MR) is 257 cm³/mol. The molecule has 0 aromatic rings. The molecule has 0 spiro atoms. The van der Waals surface area contributed by atoms with Gasteiger partial charge in [0.2, 0.25) is 5.91 Å². The van der Waals surface area contributed by atoms with Gasteiger partial charge in [-0.2, -0.15) is 0 Å². The molecule has 2 unspecified atom stereocenters. The normalized spacial score (nSPS) is 13.7. The molecule has 0 saturated carbocycles. The highest BCUT2D eigenvalue weighted by molar-refractivity contribution is 5.76. The van der Waals surface area contributed by atoms with Gasteiger partial charge < -0.3 is 15.5 Å². The number of rotatable bonds is 44. The minimum atomic E-state index is -0.840. The summed E-state index contributed by atoms with van der Waals surface area (Å²) in [4.78, 5) is 12.4. The first-order valence-corrected chi connectivity index (χ1v) is 24.8. The second-order valence-corrected chi connectivity index (χ2v) is 16.5. The standard InChI is InChI=1S/C54H95NO3/c1-3-5-7-9-11-13-15-16-17-18-19-20-21-22-23-24-25-26-27-28-29-30-31-32-33-34-35-36-37-38-40-42-44-46-48-50-54(58)55-52(51-56)53(57)49-47-45-43-41-39-14-12-10-8-6-4-2/h5,7,11,13,16-17,19-20,22-23,25-26,47,49,52-53,56-57H,3-4,6,8-10,12,14-15,18,21,24,27-46,48,50-51H2,1-2H3,(H,55,58)/b7-5-,13-11-,17-16-,20-19-,23-22-,26-25-,49-47+. The molecule has 0 fully saturated rings. The largest absolute Gasteiger partial charge is 0.394 e. The van der Waals surface area contributed by atoms with Crippen molar-refractivity contribution in [1.82, 2.24) is 5.32 Å². The van der Waals surface area contributed by atoms with Crippen molar-refractivity contribution in [1.29, 1.82) is 0 Å². The van der Waals surface area contributed by atoms with Gasteiger partial charge in [0.25, 0.3) is 0 Å². The van der Waals surface area contributed by atoms with Crippen LogP contribution in [0.5, 0.6) is 0 Å². The molecule has 0 rings (SSSR count). The fraction of sp³-hybridized carbons (Fsp3) is 0.722. The summed E-state index contributed by atoms with van der Waals surface area (Å²) in [6, 6.07) is -0.623. The van der Waals surface area contributed by atoms with Crippen LogP contribution in [-0.2, 0) is 4.79 Å². The Hall–Kier alpha value is -2.43. The quantitative estimate of drug-likeness (QED) is 0.0424. The first kappa shape index (κ1) is 55.6. The monoisotopic (exact) mass is 806 g/mol. The Kier molecular flexibility index (Phi) is 46.9. The van der Waals surface area contributed by atoms with E-state index in [4.69, 9.17) is 0 Å². The van der Waals surface area contributed by atoms with E-state index in [1.165, 1.54) is 148 Å². The van der Waals surface area contributed by atoms with E-state index in [-0.39, 0.29) is 12.5 Å². The lowest BCUT2D eigenvalue weighted by molar-refractivity contribution is -0.123. The van der Waals surface area contributed by atoms with Gasteiger partial charge in [-0.3, -0.25) is 4.79 Å². The van der Waals surface area contributed by atoms with Crippen LogP contribution in [0.25, 0.3) is 0 Å². The van der Waals surface area contributed by atoms with Crippen molar-refractivity contribution in [3.63, 3.8) is 0 Å². The van der Waals surface area contributed by atoms with E-state index in [2.05, 4.69) is 92.1 Å². The van der Waals surface area contributed by atoms with E-state index in [9.17, 15) is 15.0 Å². The third-order valence-electron chi connectivity index (χ3n) is 10.9. The van der Waals surface area contributed by atoms with Crippen molar-refractivity contribution in [3.8, 4) is 0 Å². The van der Waals surface area contributed by atoms with Gasteiger partial charge in [-0.1, -0.05) is 240 Å². The summed E-state index contributed by atoms with van der Waals surface area (Å²) in [6.45, 7) is 4.18.